The number of hydrogen-bond donors (Lipinski definition) is 1. The number of benzene rings is 4. The largest absolute Gasteiger partial charge is 0.497 e. The maximum Gasteiger partial charge on any atom is 0.335 e. The Morgan fingerprint density at radius 2 is 1.47 bits per heavy atom. The van der Waals surface area contributed by atoms with Crippen LogP contribution in [0.25, 0.3) is 6.08 Å². The van der Waals surface area contributed by atoms with Crippen molar-refractivity contribution in [1.82, 2.24) is 5.32 Å². The summed E-state index contributed by atoms with van der Waals surface area (Å²) in [6.45, 7) is 5.76. The number of ether oxygens (including phenoxy) is 2. The van der Waals surface area contributed by atoms with E-state index in [1.165, 1.54) is 22.9 Å². The molecule has 3 heterocycles. The summed E-state index contributed by atoms with van der Waals surface area (Å²) in [7, 11) is 1.54. The zero-order chi connectivity index (χ0) is 32.5. The topological polar surface area (TPSA) is 88.2 Å². The van der Waals surface area contributed by atoms with Crippen molar-refractivity contribution in [2.75, 3.05) is 36.6 Å². The molecule has 0 bridgehead atoms. The van der Waals surface area contributed by atoms with E-state index in [0.29, 0.717) is 22.7 Å². The molecule has 4 amide bonds. The molecule has 0 radical (unpaired) electrons. The Morgan fingerprint density at radius 3 is 2.04 bits per heavy atom. The number of nitrogens with one attached hydrogen (secondary N) is 1. The average molecular weight is 626 g/mol. The first-order valence-corrected chi connectivity index (χ1v) is 15.8. The predicted octanol–water partition coefficient (Wildman–Crippen LogP) is 6.80. The van der Waals surface area contributed by atoms with E-state index in [9.17, 15) is 14.4 Å². The van der Waals surface area contributed by atoms with Gasteiger partial charge < -0.3 is 14.4 Å². The van der Waals surface area contributed by atoms with Gasteiger partial charge in [-0.15, -0.1) is 0 Å². The number of nitrogens with zero attached hydrogens (tertiary/aromatic N) is 2. The van der Waals surface area contributed by atoms with Gasteiger partial charge >= 0.3 is 6.03 Å². The maximum atomic E-state index is 14.2. The fraction of sp³-hybridized carbons (Fsp3) is 0.205. The molecular weight excluding hydrogens is 590 g/mol. The lowest BCUT2D eigenvalue weighted by Crippen LogP contribution is -2.54. The Morgan fingerprint density at radius 1 is 0.851 bits per heavy atom. The van der Waals surface area contributed by atoms with Gasteiger partial charge in [-0.3, -0.25) is 14.9 Å². The van der Waals surface area contributed by atoms with Gasteiger partial charge in [0, 0.05) is 42.2 Å². The molecule has 0 saturated carbocycles. The van der Waals surface area contributed by atoms with Crippen LogP contribution in [-0.2, 0) is 9.59 Å². The van der Waals surface area contributed by atoms with Crippen molar-refractivity contribution in [2.45, 2.75) is 24.7 Å². The Bertz CT molecular complexity index is 1830. The van der Waals surface area contributed by atoms with Crippen LogP contribution in [0.5, 0.6) is 11.5 Å². The Kier molecular flexibility index (Phi) is 8.08. The summed E-state index contributed by atoms with van der Waals surface area (Å²) in [4.78, 5) is 44.5. The normalized spacial score (nSPS) is 19.7. The van der Waals surface area contributed by atoms with Crippen LogP contribution in [0, 0.1) is 0 Å². The van der Waals surface area contributed by atoms with E-state index in [0.717, 1.165) is 42.0 Å². The first-order chi connectivity index (χ1) is 23.0. The molecule has 1 fully saturated rings. The lowest BCUT2D eigenvalue weighted by molar-refractivity contribution is -0.122. The van der Waals surface area contributed by atoms with E-state index >= 15 is 0 Å². The number of anilines is 2. The van der Waals surface area contributed by atoms with E-state index in [1.807, 2.05) is 48.5 Å². The Labute approximate surface area is 273 Å². The number of methoxy groups -OCH3 is 1. The second-order valence-electron chi connectivity index (χ2n) is 11.9. The van der Waals surface area contributed by atoms with E-state index < -0.39 is 17.8 Å². The molecular formula is C39H35N3O5. The highest BCUT2D eigenvalue weighted by Gasteiger charge is 2.40. The van der Waals surface area contributed by atoms with Crippen LogP contribution in [0.4, 0.5) is 16.2 Å². The van der Waals surface area contributed by atoms with Crippen molar-refractivity contribution in [1.29, 1.82) is 0 Å². The smallest absolute Gasteiger partial charge is 0.335 e. The molecule has 3 aliphatic rings. The van der Waals surface area contributed by atoms with Crippen LogP contribution in [0.3, 0.4) is 0 Å². The monoisotopic (exact) mass is 625 g/mol. The Balaban J connectivity index is 1.37. The van der Waals surface area contributed by atoms with Crippen molar-refractivity contribution in [3.63, 3.8) is 0 Å². The molecule has 7 rings (SSSR count). The minimum atomic E-state index is -0.779. The van der Waals surface area contributed by atoms with Crippen LogP contribution in [0.15, 0.2) is 109 Å². The standard InChI is InChI=1S/C39H35N3O5/c1-3-20-47-35-24-29(46-2)15-14-27(35)21-34-37(43)40-39(45)42(38(34)44)28-22-32-30(25-10-6-4-7-11-25)16-18-41-19-17-31(33(23-28)36(32)41)26-12-8-5-9-13-26/h3-15,21-24,30-31H,1,16-20H2,2H3,(H,40,43,45)/b34-21+/t30-,31+. The zero-order valence-corrected chi connectivity index (χ0v) is 26.1. The highest BCUT2D eigenvalue weighted by Crippen LogP contribution is 2.50. The molecule has 8 nitrogen and oxygen atoms in total. The van der Waals surface area contributed by atoms with Crippen molar-refractivity contribution in [2.24, 2.45) is 0 Å². The fourth-order valence-corrected chi connectivity index (χ4v) is 7.05. The molecule has 1 saturated heterocycles. The minimum Gasteiger partial charge on any atom is -0.497 e. The third kappa shape index (κ3) is 5.56. The van der Waals surface area contributed by atoms with Crippen molar-refractivity contribution in [3.8, 4) is 11.5 Å². The molecule has 4 aromatic carbocycles. The van der Waals surface area contributed by atoms with Gasteiger partial charge in [0.25, 0.3) is 11.8 Å². The molecule has 0 spiro atoms. The summed E-state index contributed by atoms with van der Waals surface area (Å²) >= 11 is 0. The van der Waals surface area contributed by atoms with Crippen molar-refractivity contribution in [3.05, 3.63) is 137 Å². The lowest BCUT2D eigenvalue weighted by atomic mass is 9.76. The highest BCUT2D eigenvalue weighted by molar-refractivity contribution is 6.39. The molecule has 47 heavy (non-hydrogen) atoms. The minimum absolute atomic E-state index is 0.0825. The number of urea groups is 1. The maximum absolute atomic E-state index is 14.2. The molecule has 0 aromatic heterocycles. The molecule has 0 aliphatic carbocycles. The molecule has 1 N–H and O–H groups in total. The highest BCUT2D eigenvalue weighted by atomic mass is 16.5. The Hall–Kier alpha value is -5.63. The summed E-state index contributed by atoms with van der Waals surface area (Å²) in [6.07, 6.45) is 4.87. The number of hydrogen-bond acceptors (Lipinski definition) is 6. The molecule has 2 atom stereocenters. The van der Waals surface area contributed by atoms with Gasteiger partial charge in [0.1, 0.15) is 23.7 Å². The second kappa shape index (κ2) is 12.6. The van der Waals surface area contributed by atoms with Crippen LogP contribution in [0.1, 0.15) is 52.5 Å². The van der Waals surface area contributed by atoms with Crippen LogP contribution in [0.2, 0.25) is 0 Å². The third-order valence-corrected chi connectivity index (χ3v) is 9.24. The molecule has 236 valence electrons. The summed E-state index contributed by atoms with van der Waals surface area (Å²) in [5, 5.41) is 2.41. The molecule has 0 unspecified atom stereocenters. The number of barbiturate groups is 1. The van der Waals surface area contributed by atoms with Crippen molar-refractivity contribution < 1.29 is 23.9 Å². The third-order valence-electron chi connectivity index (χ3n) is 9.24. The summed E-state index contributed by atoms with van der Waals surface area (Å²) in [5.41, 5.74) is 6.45. The summed E-state index contributed by atoms with van der Waals surface area (Å²) in [5.74, 6) is -0.335. The quantitative estimate of drug-likeness (QED) is 0.132. The van der Waals surface area contributed by atoms with E-state index in [-0.39, 0.29) is 24.0 Å². The number of rotatable bonds is 8. The van der Waals surface area contributed by atoms with Gasteiger partial charge in [-0.2, -0.15) is 0 Å². The zero-order valence-electron chi connectivity index (χ0n) is 26.1. The summed E-state index contributed by atoms with van der Waals surface area (Å²) < 4.78 is 11.2. The number of carbonyl (C=O) groups is 3. The summed E-state index contributed by atoms with van der Waals surface area (Å²) in [6, 6.07) is 29.0. The van der Waals surface area contributed by atoms with E-state index in [1.54, 1.807) is 31.4 Å². The van der Waals surface area contributed by atoms with Gasteiger partial charge in [-0.05, 0) is 65.4 Å². The second-order valence-corrected chi connectivity index (χ2v) is 11.9. The number of imide groups is 2. The number of amides is 4. The lowest BCUT2D eigenvalue weighted by Gasteiger charge is -2.44. The molecule has 8 heteroatoms. The van der Waals surface area contributed by atoms with Gasteiger partial charge in [-0.1, -0.05) is 73.3 Å². The SMILES string of the molecule is C=CCOc1cc(OC)ccc1/C=C1\C(=O)NC(=O)N(c2cc3c4c(c2)[C@H](c2ccccc2)CCN4CC[C@@H]3c2ccccc2)C1=O. The van der Waals surface area contributed by atoms with Gasteiger partial charge in [0.2, 0.25) is 0 Å². The first-order valence-electron chi connectivity index (χ1n) is 15.8. The van der Waals surface area contributed by atoms with Crippen LogP contribution >= 0.6 is 0 Å². The van der Waals surface area contributed by atoms with E-state index in [4.69, 9.17) is 9.47 Å². The fourth-order valence-electron chi connectivity index (χ4n) is 7.05. The van der Waals surface area contributed by atoms with Gasteiger partial charge in [0.15, 0.2) is 0 Å². The van der Waals surface area contributed by atoms with E-state index in [2.05, 4.69) is 41.1 Å². The molecule has 3 aliphatic heterocycles. The van der Waals surface area contributed by atoms with Gasteiger partial charge in [-0.25, -0.2) is 9.69 Å². The van der Waals surface area contributed by atoms with Crippen LogP contribution < -0.4 is 24.6 Å². The average Bonchev–Trinajstić information content (AvgIpc) is 3.10. The predicted molar refractivity (Wildman–Crippen MR) is 182 cm³/mol. The number of carbonyl (C=O) groups excluding carboxylic acids is 3. The van der Waals surface area contributed by atoms with Crippen molar-refractivity contribution >= 4 is 35.3 Å². The van der Waals surface area contributed by atoms with Gasteiger partial charge in [0.05, 0.1) is 12.8 Å². The van der Waals surface area contributed by atoms with Crippen LogP contribution in [-0.4, -0.2) is 44.7 Å². The first kappa shape index (κ1) is 30.0. The molecule has 4 aromatic rings.